The van der Waals surface area contributed by atoms with Crippen LogP contribution in [0.15, 0.2) is 54.7 Å². The molecule has 2 amide bonds. The van der Waals surface area contributed by atoms with Crippen molar-refractivity contribution in [2.24, 2.45) is 5.92 Å². The monoisotopic (exact) mass is 392 g/mol. The topological polar surface area (TPSA) is 85.4 Å². The molecule has 0 bridgehead atoms. The Labute approximate surface area is 169 Å². The number of nitrogens with one attached hydrogen (secondary N) is 2. The molecule has 0 saturated carbocycles. The fraction of sp³-hybridized carbons (Fsp3) is 0.318. The second kappa shape index (κ2) is 9.34. The molecule has 2 heterocycles. The number of hydrogen-bond acceptors (Lipinski definition) is 5. The number of fused-ring (bicyclic) bond motifs is 1. The van der Waals surface area contributed by atoms with Crippen LogP contribution >= 0.6 is 0 Å². The highest BCUT2D eigenvalue weighted by atomic mass is 16.5. The van der Waals surface area contributed by atoms with Gasteiger partial charge in [-0.2, -0.15) is 0 Å². The predicted molar refractivity (Wildman–Crippen MR) is 111 cm³/mol. The summed E-state index contributed by atoms with van der Waals surface area (Å²) in [5.74, 6) is 1.44. The Balaban J connectivity index is 1.36. The Morgan fingerprint density at radius 3 is 2.79 bits per heavy atom. The SMILES string of the molecule is O=C(NCC1CCOCC1)Nc1ncc2ccc(OCc3ccccc3)cc2n1. The van der Waals surface area contributed by atoms with E-state index in [-0.39, 0.29) is 12.0 Å². The molecule has 4 rings (SSSR count). The van der Waals surface area contributed by atoms with Gasteiger partial charge in [0, 0.05) is 37.4 Å². The van der Waals surface area contributed by atoms with Crippen LogP contribution < -0.4 is 15.4 Å². The number of ether oxygens (including phenoxy) is 2. The number of benzene rings is 2. The first-order valence-corrected chi connectivity index (χ1v) is 9.82. The maximum atomic E-state index is 12.2. The smallest absolute Gasteiger partial charge is 0.321 e. The lowest BCUT2D eigenvalue weighted by atomic mass is 10.0. The quantitative estimate of drug-likeness (QED) is 0.667. The number of urea groups is 1. The Morgan fingerprint density at radius 1 is 1.14 bits per heavy atom. The highest BCUT2D eigenvalue weighted by Crippen LogP contribution is 2.21. The molecule has 0 unspecified atom stereocenters. The second-order valence-corrected chi connectivity index (χ2v) is 7.08. The second-order valence-electron chi connectivity index (χ2n) is 7.08. The van der Waals surface area contributed by atoms with Crippen LogP contribution in [0, 0.1) is 5.92 Å². The van der Waals surface area contributed by atoms with Crippen molar-refractivity contribution in [2.75, 3.05) is 25.1 Å². The molecule has 150 valence electrons. The van der Waals surface area contributed by atoms with Crippen molar-refractivity contribution in [2.45, 2.75) is 19.4 Å². The maximum Gasteiger partial charge on any atom is 0.321 e. The summed E-state index contributed by atoms with van der Waals surface area (Å²) in [7, 11) is 0. The summed E-state index contributed by atoms with van der Waals surface area (Å²) in [4.78, 5) is 20.8. The fourth-order valence-corrected chi connectivity index (χ4v) is 3.23. The van der Waals surface area contributed by atoms with Gasteiger partial charge < -0.3 is 14.8 Å². The molecular weight excluding hydrogens is 368 g/mol. The summed E-state index contributed by atoms with van der Waals surface area (Å²) in [5.41, 5.74) is 1.81. The molecule has 1 fully saturated rings. The minimum absolute atomic E-state index is 0.266. The normalized spacial score (nSPS) is 14.5. The van der Waals surface area contributed by atoms with Gasteiger partial charge in [0.2, 0.25) is 5.95 Å². The Kier molecular flexibility index (Phi) is 6.16. The van der Waals surface area contributed by atoms with Crippen LogP contribution in [0.4, 0.5) is 10.7 Å². The number of anilines is 1. The van der Waals surface area contributed by atoms with Crippen molar-refractivity contribution < 1.29 is 14.3 Å². The van der Waals surface area contributed by atoms with Crippen LogP contribution in [0.3, 0.4) is 0 Å². The number of amides is 2. The van der Waals surface area contributed by atoms with Gasteiger partial charge in [-0.05, 0) is 36.5 Å². The van der Waals surface area contributed by atoms with Gasteiger partial charge in [0.05, 0.1) is 5.52 Å². The largest absolute Gasteiger partial charge is 0.489 e. The summed E-state index contributed by atoms with van der Waals surface area (Å²) in [6.07, 6.45) is 3.63. The van der Waals surface area contributed by atoms with E-state index in [1.165, 1.54) is 0 Å². The van der Waals surface area contributed by atoms with Gasteiger partial charge in [0.15, 0.2) is 0 Å². The first-order chi connectivity index (χ1) is 14.3. The molecule has 0 atom stereocenters. The van der Waals surface area contributed by atoms with E-state index in [9.17, 15) is 4.79 Å². The fourth-order valence-electron chi connectivity index (χ4n) is 3.23. The van der Waals surface area contributed by atoms with Gasteiger partial charge in [-0.3, -0.25) is 5.32 Å². The van der Waals surface area contributed by atoms with Crippen molar-refractivity contribution in [1.29, 1.82) is 0 Å². The third kappa shape index (κ3) is 5.42. The zero-order valence-electron chi connectivity index (χ0n) is 16.1. The van der Waals surface area contributed by atoms with E-state index in [2.05, 4.69) is 20.6 Å². The summed E-state index contributed by atoms with van der Waals surface area (Å²) >= 11 is 0. The zero-order chi connectivity index (χ0) is 19.9. The Hall–Kier alpha value is -3.19. The van der Waals surface area contributed by atoms with Crippen molar-refractivity contribution in [3.63, 3.8) is 0 Å². The van der Waals surface area contributed by atoms with Crippen LogP contribution in [-0.2, 0) is 11.3 Å². The molecule has 7 heteroatoms. The van der Waals surface area contributed by atoms with Crippen LogP contribution in [-0.4, -0.2) is 35.8 Å². The van der Waals surface area contributed by atoms with Crippen molar-refractivity contribution in [3.05, 3.63) is 60.3 Å². The van der Waals surface area contributed by atoms with Gasteiger partial charge >= 0.3 is 6.03 Å². The third-order valence-corrected chi connectivity index (χ3v) is 4.92. The van der Waals surface area contributed by atoms with E-state index in [4.69, 9.17) is 9.47 Å². The predicted octanol–water partition coefficient (Wildman–Crippen LogP) is 3.76. The lowest BCUT2D eigenvalue weighted by Gasteiger charge is -2.22. The molecule has 0 radical (unpaired) electrons. The molecule has 0 aliphatic carbocycles. The average Bonchev–Trinajstić information content (AvgIpc) is 2.77. The Bertz CT molecular complexity index is 959. The highest BCUT2D eigenvalue weighted by Gasteiger charge is 2.15. The minimum atomic E-state index is -0.299. The number of carbonyl (C=O) groups is 1. The molecule has 7 nitrogen and oxygen atoms in total. The average molecular weight is 392 g/mol. The lowest BCUT2D eigenvalue weighted by molar-refractivity contribution is 0.0671. The standard InChI is InChI=1S/C22H24N4O3/c27-22(24-13-16-8-10-28-11-9-16)26-21-23-14-18-6-7-19(12-20(18)25-21)29-15-17-4-2-1-3-5-17/h1-7,12,14,16H,8-11,13,15H2,(H2,23,24,25,26,27). The van der Waals surface area contributed by atoms with Crippen molar-refractivity contribution in [3.8, 4) is 5.75 Å². The van der Waals surface area contributed by atoms with E-state index < -0.39 is 0 Å². The van der Waals surface area contributed by atoms with Crippen LogP contribution in [0.1, 0.15) is 18.4 Å². The molecule has 1 saturated heterocycles. The summed E-state index contributed by atoms with van der Waals surface area (Å²) in [5, 5.41) is 6.47. The van der Waals surface area contributed by atoms with E-state index in [0.717, 1.165) is 42.8 Å². The van der Waals surface area contributed by atoms with Crippen LogP contribution in [0.5, 0.6) is 5.75 Å². The molecule has 1 aliphatic rings. The molecule has 1 aliphatic heterocycles. The molecule has 0 spiro atoms. The summed E-state index contributed by atoms with van der Waals surface area (Å²) in [6, 6.07) is 15.3. The number of hydrogen-bond donors (Lipinski definition) is 2. The third-order valence-electron chi connectivity index (χ3n) is 4.92. The van der Waals surface area contributed by atoms with Crippen molar-refractivity contribution >= 4 is 22.9 Å². The maximum absolute atomic E-state index is 12.2. The number of carbonyl (C=O) groups excluding carboxylic acids is 1. The van der Waals surface area contributed by atoms with E-state index >= 15 is 0 Å². The first-order valence-electron chi connectivity index (χ1n) is 9.82. The molecule has 3 aromatic rings. The van der Waals surface area contributed by atoms with E-state index in [1.54, 1.807) is 6.20 Å². The molecule has 2 aromatic carbocycles. The number of rotatable bonds is 6. The van der Waals surface area contributed by atoms with Gasteiger partial charge in [0.1, 0.15) is 12.4 Å². The Morgan fingerprint density at radius 2 is 1.97 bits per heavy atom. The van der Waals surface area contributed by atoms with Crippen LogP contribution in [0.25, 0.3) is 10.9 Å². The molecule has 2 N–H and O–H groups in total. The van der Waals surface area contributed by atoms with E-state index in [0.29, 0.717) is 24.6 Å². The minimum Gasteiger partial charge on any atom is -0.489 e. The van der Waals surface area contributed by atoms with Gasteiger partial charge in [-0.1, -0.05) is 30.3 Å². The van der Waals surface area contributed by atoms with E-state index in [1.807, 2.05) is 48.5 Å². The summed E-state index contributed by atoms with van der Waals surface area (Å²) < 4.78 is 11.2. The molecular formula is C22H24N4O3. The van der Waals surface area contributed by atoms with Gasteiger partial charge in [-0.25, -0.2) is 14.8 Å². The first kappa shape index (κ1) is 19.1. The van der Waals surface area contributed by atoms with Crippen molar-refractivity contribution in [1.82, 2.24) is 15.3 Å². The lowest BCUT2D eigenvalue weighted by Crippen LogP contribution is -2.35. The highest BCUT2D eigenvalue weighted by molar-refractivity contribution is 5.89. The van der Waals surface area contributed by atoms with Gasteiger partial charge in [0.25, 0.3) is 0 Å². The zero-order valence-corrected chi connectivity index (χ0v) is 16.1. The number of nitrogens with zero attached hydrogens (tertiary/aromatic N) is 2. The number of aromatic nitrogens is 2. The van der Waals surface area contributed by atoms with Gasteiger partial charge in [-0.15, -0.1) is 0 Å². The molecule has 29 heavy (non-hydrogen) atoms. The molecule has 1 aromatic heterocycles. The van der Waals surface area contributed by atoms with Crippen LogP contribution in [0.2, 0.25) is 0 Å². The summed E-state index contributed by atoms with van der Waals surface area (Å²) in [6.45, 7) is 2.63.